The van der Waals surface area contributed by atoms with Crippen molar-refractivity contribution in [2.75, 3.05) is 0 Å². The van der Waals surface area contributed by atoms with Gasteiger partial charge >= 0.3 is 29.9 Å². The van der Waals surface area contributed by atoms with E-state index >= 15 is 0 Å². The molecule has 0 aromatic rings. The molecule has 0 N–H and O–H groups in total. The Bertz CT molecular complexity index is 362. The third-order valence-electron chi connectivity index (χ3n) is 6.52. The van der Waals surface area contributed by atoms with Crippen LogP contribution in [0, 0.1) is 0 Å². The number of carbonyl (C=O) groups excluding carboxylic acids is 1. The van der Waals surface area contributed by atoms with Gasteiger partial charge in [0.1, 0.15) is 5.60 Å². The van der Waals surface area contributed by atoms with Crippen LogP contribution in [0.25, 0.3) is 0 Å². The predicted octanol–water partition coefficient (Wildman–Crippen LogP) is 9.01. The number of unbranched alkanes of at least 4 members (excludes halogenated alkanes) is 14. The second-order valence-electron chi connectivity index (χ2n) is 9.61. The van der Waals surface area contributed by atoms with Crippen LogP contribution < -0.4 is 0 Å². The van der Waals surface area contributed by atoms with Crippen molar-refractivity contribution in [3.05, 3.63) is 0 Å². The molecule has 0 aromatic heterocycles. The van der Waals surface area contributed by atoms with Crippen LogP contribution in [-0.2, 0) is 9.53 Å². The SMILES string of the molecule is CCCCCCCCCCCC(=O)OC(CCCC)(CCCC)CCCCCCC.[SnH2]. The number of ether oxygens (including phenoxy) is 1. The molecule has 0 aromatic carbocycles. The van der Waals surface area contributed by atoms with Gasteiger partial charge < -0.3 is 4.74 Å². The first kappa shape index (κ1) is 33.4. The summed E-state index contributed by atoms with van der Waals surface area (Å²) in [5.74, 6) is 0.0683. The summed E-state index contributed by atoms with van der Waals surface area (Å²) in [6.07, 6.45) is 26.5. The molecule has 0 aliphatic rings. The summed E-state index contributed by atoms with van der Waals surface area (Å²) < 4.78 is 6.28. The maximum absolute atomic E-state index is 12.7. The third-order valence-corrected chi connectivity index (χ3v) is 6.52. The molecule has 186 valence electrons. The Labute approximate surface area is 213 Å². The van der Waals surface area contributed by atoms with E-state index in [1.165, 1.54) is 109 Å². The summed E-state index contributed by atoms with van der Waals surface area (Å²) in [5.41, 5.74) is -0.186. The van der Waals surface area contributed by atoms with E-state index in [4.69, 9.17) is 4.74 Å². The topological polar surface area (TPSA) is 26.3 Å². The summed E-state index contributed by atoms with van der Waals surface area (Å²) in [7, 11) is 0. The molecule has 0 atom stereocenters. The van der Waals surface area contributed by atoms with Crippen LogP contribution in [0.4, 0.5) is 0 Å². The van der Waals surface area contributed by atoms with E-state index < -0.39 is 0 Å². The van der Waals surface area contributed by atoms with Crippen molar-refractivity contribution in [2.24, 2.45) is 0 Å². The first-order valence-electron chi connectivity index (χ1n) is 13.9. The zero-order chi connectivity index (χ0) is 22.3. The molecule has 3 heteroatoms. The Morgan fingerprint density at radius 2 is 0.871 bits per heavy atom. The Hall–Kier alpha value is 0.269. The summed E-state index contributed by atoms with van der Waals surface area (Å²) >= 11 is 0. The molecule has 0 saturated carbocycles. The molecular formula is C28H58O2Sn. The van der Waals surface area contributed by atoms with Crippen LogP contribution in [0.1, 0.15) is 169 Å². The average molecular weight is 545 g/mol. The number of esters is 1. The van der Waals surface area contributed by atoms with Crippen LogP contribution in [0.2, 0.25) is 0 Å². The van der Waals surface area contributed by atoms with E-state index in [0.29, 0.717) is 6.42 Å². The van der Waals surface area contributed by atoms with Crippen molar-refractivity contribution >= 4 is 29.9 Å². The van der Waals surface area contributed by atoms with Gasteiger partial charge in [-0.3, -0.25) is 4.79 Å². The van der Waals surface area contributed by atoms with E-state index in [9.17, 15) is 4.79 Å². The Balaban J connectivity index is 0. The van der Waals surface area contributed by atoms with Gasteiger partial charge in [0.2, 0.25) is 0 Å². The summed E-state index contributed by atoms with van der Waals surface area (Å²) in [5, 5.41) is 0. The number of hydrogen-bond donors (Lipinski definition) is 0. The second-order valence-corrected chi connectivity index (χ2v) is 9.61. The zero-order valence-electron chi connectivity index (χ0n) is 22.1. The zero-order valence-corrected chi connectivity index (χ0v) is 26.1. The Kier molecular flexibility index (Phi) is 26.9. The van der Waals surface area contributed by atoms with Crippen molar-refractivity contribution in [3.8, 4) is 0 Å². The quantitative estimate of drug-likeness (QED) is 0.0728. The van der Waals surface area contributed by atoms with Crippen LogP contribution in [0.15, 0.2) is 0 Å². The Morgan fingerprint density at radius 1 is 0.516 bits per heavy atom. The van der Waals surface area contributed by atoms with Gasteiger partial charge in [-0.25, -0.2) is 0 Å². The molecule has 31 heavy (non-hydrogen) atoms. The fraction of sp³-hybridized carbons (Fsp3) is 0.964. The van der Waals surface area contributed by atoms with Crippen molar-refractivity contribution < 1.29 is 9.53 Å². The maximum atomic E-state index is 12.7. The second kappa shape index (κ2) is 24.9. The van der Waals surface area contributed by atoms with Gasteiger partial charge in [-0.1, -0.05) is 118 Å². The standard InChI is InChI=1S/C28H56O2.Sn.2H/c1-5-9-13-15-16-17-18-19-21-23-27(29)30-28(24-11-7-3,25-12-8-4)26-22-20-14-10-6-2;;;/h5-26H2,1-4H3;;;. The van der Waals surface area contributed by atoms with E-state index in [0.717, 1.165) is 25.7 Å². The van der Waals surface area contributed by atoms with E-state index in [1.54, 1.807) is 0 Å². The molecule has 0 spiro atoms. The van der Waals surface area contributed by atoms with Gasteiger partial charge in [0.15, 0.2) is 0 Å². The molecule has 0 saturated heterocycles. The van der Waals surface area contributed by atoms with Gasteiger partial charge in [-0.15, -0.1) is 0 Å². The molecule has 0 fully saturated rings. The first-order chi connectivity index (χ1) is 14.6. The van der Waals surface area contributed by atoms with Gasteiger partial charge in [-0.2, -0.15) is 0 Å². The Morgan fingerprint density at radius 3 is 1.32 bits per heavy atom. The van der Waals surface area contributed by atoms with Crippen LogP contribution >= 0.6 is 0 Å². The van der Waals surface area contributed by atoms with E-state index in [2.05, 4.69) is 27.7 Å². The number of hydrogen-bond acceptors (Lipinski definition) is 2. The van der Waals surface area contributed by atoms with Gasteiger partial charge in [0.05, 0.1) is 0 Å². The fourth-order valence-electron chi connectivity index (χ4n) is 4.45. The molecule has 0 bridgehead atoms. The minimum absolute atomic E-state index is 0. The summed E-state index contributed by atoms with van der Waals surface area (Å²) in [6, 6.07) is 0. The van der Waals surface area contributed by atoms with Crippen molar-refractivity contribution in [2.45, 2.75) is 175 Å². The van der Waals surface area contributed by atoms with E-state index in [1.807, 2.05) is 0 Å². The predicted molar refractivity (Wildman–Crippen MR) is 142 cm³/mol. The molecule has 0 heterocycles. The molecule has 2 radical (unpaired) electrons. The number of rotatable bonds is 23. The number of carbonyl (C=O) groups is 1. The molecule has 0 unspecified atom stereocenters. The van der Waals surface area contributed by atoms with Crippen LogP contribution in [0.3, 0.4) is 0 Å². The minimum atomic E-state index is -0.186. The molecular weight excluding hydrogens is 487 g/mol. The van der Waals surface area contributed by atoms with Crippen LogP contribution in [-0.4, -0.2) is 35.5 Å². The summed E-state index contributed by atoms with van der Waals surface area (Å²) in [4.78, 5) is 12.7. The molecule has 2 nitrogen and oxygen atoms in total. The molecule has 0 aliphatic carbocycles. The average Bonchev–Trinajstić information content (AvgIpc) is 2.75. The normalized spacial score (nSPS) is 11.4. The third kappa shape index (κ3) is 20.6. The summed E-state index contributed by atoms with van der Waals surface area (Å²) in [6.45, 7) is 9.03. The van der Waals surface area contributed by atoms with Crippen molar-refractivity contribution in [1.82, 2.24) is 0 Å². The van der Waals surface area contributed by atoms with Crippen LogP contribution in [0.5, 0.6) is 0 Å². The molecule has 0 aliphatic heterocycles. The molecule has 0 rings (SSSR count). The first-order valence-corrected chi connectivity index (χ1v) is 13.9. The van der Waals surface area contributed by atoms with Gasteiger partial charge in [-0.05, 0) is 44.9 Å². The van der Waals surface area contributed by atoms with Gasteiger partial charge in [0, 0.05) is 6.42 Å². The van der Waals surface area contributed by atoms with Gasteiger partial charge in [0.25, 0.3) is 0 Å². The fourth-order valence-corrected chi connectivity index (χ4v) is 4.45. The van der Waals surface area contributed by atoms with Crippen molar-refractivity contribution in [3.63, 3.8) is 0 Å². The van der Waals surface area contributed by atoms with E-state index in [-0.39, 0.29) is 35.5 Å². The molecule has 0 amide bonds. The monoisotopic (exact) mass is 546 g/mol. The van der Waals surface area contributed by atoms with Crippen molar-refractivity contribution in [1.29, 1.82) is 0 Å².